The normalized spacial score (nSPS) is 22.2. The van der Waals surface area contributed by atoms with Gasteiger partial charge in [0.1, 0.15) is 11.4 Å². The molecular formula is C39H36F3N3O4. The number of aromatic nitrogens is 2. The minimum atomic E-state index is -4.93. The molecular weight excluding hydrogens is 631 g/mol. The van der Waals surface area contributed by atoms with Gasteiger partial charge in [-0.05, 0) is 59.9 Å². The number of hydrogen-bond donors (Lipinski definition) is 3. The molecule has 2 unspecified atom stereocenters. The summed E-state index contributed by atoms with van der Waals surface area (Å²) in [4.78, 5) is 15.6. The van der Waals surface area contributed by atoms with Crippen LogP contribution in [0.25, 0.3) is 5.69 Å². The van der Waals surface area contributed by atoms with Crippen LogP contribution >= 0.6 is 0 Å². The Kier molecular flexibility index (Phi) is 8.24. The number of nitrogens with one attached hydrogen (secondary N) is 1. The van der Waals surface area contributed by atoms with Crippen molar-refractivity contribution in [1.29, 1.82) is 0 Å². The number of ether oxygens (including phenoxy) is 1. The highest BCUT2D eigenvalue weighted by Gasteiger charge is 2.56. The molecule has 0 spiro atoms. The second kappa shape index (κ2) is 12.4. The number of alkyl halides is 3. The number of aliphatic hydroxyl groups excluding tert-OH is 2. The third-order valence-electron chi connectivity index (χ3n) is 10.1. The Balaban J connectivity index is 1.35. The van der Waals surface area contributed by atoms with Crippen molar-refractivity contribution in [3.8, 4) is 11.4 Å². The molecule has 1 aliphatic heterocycles. The molecule has 5 aromatic rings. The molecule has 1 aromatic heterocycles. The second-order valence-electron chi connectivity index (χ2n) is 12.9. The van der Waals surface area contributed by atoms with E-state index in [0.717, 1.165) is 32.8 Å². The quantitative estimate of drug-likeness (QED) is 0.179. The van der Waals surface area contributed by atoms with Gasteiger partial charge in [0.2, 0.25) is 0 Å². The summed E-state index contributed by atoms with van der Waals surface area (Å²) >= 11 is 0. The number of rotatable bonds is 8. The third kappa shape index (κ3) is 5.54. The molecule has 7 rings (SSSR count). The average Bonchev–Trinajstić information content (AvgIpc) is 3.55. The molecule has 1 saturated carbocycles. The smallest absolute Gasteiger partial charge is 0.433 e. The van der Waals surface area contributed by atoms with Crippen LogP contribution in [-0.4, -0.2) is 46.4 Å². The van der Waals surface area contributed by atoms with E-state index in [1.54, 1.807) is 31.4 Å². The zero-order valence-electron chi connectivity index (χ0n) is 26.9. The molecule has 3 N–H and O–H groups in total. The first-order chi connectivity index (χ1) is 23.5. The Morgan fingerprint density at radius 1 is 0.857 bits per heavy atom. The number of aliphatic hydroxyl groups is 2. The number of benzene rings is 4. The Morgan fingerprint density at radius 3 is 1.94 bits per heavy atom. The molecule has 7 nitrogen and oxygen atoms in total. The van der Waals surface area contributed by atoms with Gasteiger partial charge in [-0.3, -0.25) is 9.89 Å². The first-order valence-corrected chi connectivity index (χ1v) is 16.1. The number of aromatic amines is 1. The molecule has 2 aliphatic rings. The Bertz CT molecular complexity index is 1990. The molecule has 0 radical (unpaired) electrons. The van der Waals surface area contributed by atoms with Crippen LogP contribution in [-0.2, 0) is 24.4 Å². The highest BCUT2D eigenvalue weighted by atomic mass is 19.4. The Hall–Kier alpha value is -5.06. The van der Waals surface area contributed by atoms with Gasteiger partial charge in [0.25, 0.3) is 5.56 Å². The van der Waals surface area contributed by atoms with Crippen LogP contribution < -0.4 is 15.2 Å². The molecule has 0 saturated heterocycles. The minimum absolute atomic E-state index is 0.207. The van der Waals surface area contributed by atoms with E-state index in [9.17, 15) is 28.2 Å². The maximum atomic E-state index is 14.4. The zero-order chi connectivity index (χ0) is 34.5. The van der Waals surface area contributed by atoms with Crippen molar-refractivity contribution < 1.29 is 28.1 Å². The second-order valence-corrected chi connectivity index (χ2v) is 12.9. The maximum absolute atomic E-state index is 14.4. The van der Waals surface area contributed by atoms with Crippen LogP contribution in [0.1, 0.15) is 33.9 Å². The first-order valence-electron chi connectivity index (χ1n) is 16.1. The predicted molar refractivity (Wildman–Crippen MR) is 181 cm³/mol. The lowest BCUT2D eigenvalue weighted by molar-refractivity contribution is -0.145. The van der Waals surface area contributed by atoms with Crippen LogP contribution in [0.3, 0.4) is 0 Å². The summed E-state index contributed by atoms with van der Waals surface area (Å²) in [5.41, 5.74) is 1.38. The topological polar surface area (TPSA) is 90.7 Å². The molecule has 1 aliphatic carbocycles. The SMILES string of the molecule is COc1ccc2c(c1)C(Cc1ccccc1)(Cc1ccccc1)C(=CC1C(O)C(c3c(C(F)(F)F)[nH]n(-c4ccccc4)c3=O)C1O)N2C. The molecule has 2 atom stereocenters. The third-order valence-corrected chi connectivity index (χ3v) is 10.1. The fourth-order valence-corrected chi connectivity index (χ4v) is 7.69. The van der Waals surface area contributed by atoms with E-state index in [2.05, 4.69) is 5.10 Å². The van der Waals surface area contributed by atoms with Crippen molar-refractivity contribution in [2.24, 2.45) is 5.92 Å². The maximum Gasteiger partial charge on any atom is 0.433 e. The summed E-state index contributed by atoms with van der Waals surface area (Å²) < 4.78 is 49.5. The number of para-hydroxylation sites is 1. The van der Waals surface area contributed by atoms with E-state index in [-0.39, 0.29) is 5.69 Å². The van der Waals surface area contributed by atoms with Crippen LogP contribution in [0.2, 0.25) is 0 Å². The summed E-state index contributed by atoms with van der Waals surface area (Å²) in [7, 11) is 3.52. The fourth-order valence-electron chi connectivity index (χ4n) is 7.69. The van der Waals surface area contributed by atoms with Gasteiger partial charge in [0.15, 0.2) is 0 Å². The number of methoxy groups -OCH3 is 1. The van der Waals surface area contributed by atoms with E-state index < -0.39 is 52.5 Å². The van der Waals surface area contributed by atoms with E-state index in [4.69, 9.17) is 4.74 Å². The fraction of sp³-hybridized carbons (Fsp3) is 0.256. The van der Waals surface area contributed by atoms with Crippen molar-refractivity contribution in [2.45, 2.75) is 42.6 Å². The van der Waals surface area contributed by atoms with Gasteiger partial charge < -0.3 is 19.8 Å². The van der Waals surface area contributed by atoms with Gasteiger partial charge in [-0.2, -0.15) is 13.2 Å². The minimum Gasteiger partial charge on any atom is -0.497 e. The number of H-pyrrole nitrogens is 1. The number of likely N-dealkylation sites (N-methyl/N-ethyl adjacent to an activating group) is 1. The van der Waals surface area contributed by atoms with Crippen LogP contribution in [0.5, 0.6) is 5.75 Å². The lowest BCUT2D eigenvalue weighted by atomic mass is 9.63. The van der Waals surface area contributed by atoms with Crippen LogP contribution in [0.15, 0.2) is 126 Å². The molecule has 0 bridgehead atoms. The highest BCUT2D eigenvalue weighted by molar-refractivity contribution is 5.73. The van der Waals surface area contributed by atoms with Gasteiger partial charge in [-0.25, -0.2) is 4.68 Å². The summed E-state index contributed by atoms with van der Waals surface area (Å²) in [6, 6.07) is 33.7. The Labute approximate surface area is 281 Å². The van der Waals surface area contributed by atoms with E-state index in [1.807, 2.05) is 90.8 Å². The number of anilines is 1. The molecule has 1 fully saturated rings. The Morgan fingerprint density at radius 2 is 1.41 bits per heavy atom. The van der Waals surface area contributed by atoms with E-state index >= 15 is 0 Å². The zero-order valence-corrected chi connectivity index (χ0v) is 26.9. The molecule has 252 valence electrons. The first kappa shape index (κ1) is 32.5. The molecule has 0 amide bonds. The van der Waals surface area contributed by atoms with E-state index in [1.165, 1.54) is 12.1 Å². The number of nitrogens with zero attached hydrogens (tertiary/aromatic N) is 2. The summed E-state index contributed by atoms with van der Waals surface area (Å²) in [5, 5.41) is 25.4. The van der Waals surface area contributed by atoms with Gasteiger partial charge in [0.05, 0.1) is 30.6 Å². The lowest BCUT2D eigenvalue weighted by Gasteiger charge is -2.46. The molecule has 4 aromatic carbocycles. The van der Waals surface area contributed by atoms with E-state index in [0.29, 0.717) is 18.6 Å². The van der Waals surface area contributed by atoms with Crippen molar-refractivity contribution in [3.05, 3.63) is 159 Å². The number of allylic oxidation sites excluding steroid dienone is 1. The summed E-state index contributed by atoms with van der Waals surface area (Å²) in [6.45, 7) is 0. The standard InChI is InChI=1S/C39H36F3N3O4/c1-44-30-19-18-27(49-2)20-29(30)38(22-24-12-6-3-7-13-24,23-25-14-8-4-9-15-25)31(44)21-28-34(46)32(35(28)47)33-36(39(40,41)42)43-45(37(33)48)26-16-10-5-11-17-26/h3-21,28,32,34-35,43,46-47H,22-23H2,1-2H3. The average molecular weight is 668 g/mol. The highest BCUT2D eigenvalue weighted by Crippen LogP contribution is 2.54. The van der Waals surface area contributed by atoms with Crippen LogP contribution in [0.4, 0.5) is 18.9 Å². The van der Waals surface area contributed by atoms with Crippen LogP contribution in [0, 0.1) is 5.92 Å². The van der Waals surface area contributed by atoms with Crippen molar-refractivity contribution in [2.75, 3.05) is 19.1 Å². The number of fused-ring (bicyclic) bond motifs is 1. The van der Waals surface area contributed by atoms with Gasteiger partial charge >= 0.3 is 6.18 Å². The number of halogens is 3. The van der Waals surface area contributed by atoms with Gasteiger partial charge in [-0.15, -0.1) is 0 Å². The van der Waals surface area contributed by atoms with Gasteiger partial charge in [0, 0.05) is 35.7 Å². The molecule has 49 heavy (non-hydrogen) atoms. The largest absolute Gasteiger partial charge is 0.497 e. The van der Waals surface area contributed by atoms with Gasteiger partial charge in [-0.1, -0.05) is 84.9 Å². The van der Waals surface area contributed by atoms with Crippen molar-refractivity contribution in [1.82, 2.24) is 9.78 Å². The summed E-state index contributed by atoms with van der Waals surface area (Å²) in [5.74, 6) is -1.74. The predicted octanol–water partition coefficient (Wildman–Crippen LogP) is 6.39. The molecule has 10 heteroatoms. The van der Waals surface area contributed by atoms with Crippen molar-refractivity contribution >= 4 is 5.69 Å². The molecule has 2 heterocycles. The summed E-state index contributed by atoms with van der Waals surface area (Å²) in [6.07, 6.45) is -4.95. The van der Waals surface area contributed by atoms with Crippen molar-refractivity contribution in [3.63, 3.8) is 0 Å². The monoisotopic (exact) mass is 667 g/mol. The number of hydrogen-bond acceptors (Lipinski definition) is 5. The lowest BCUT2D eigenvalue weighted by Crippen LogP contribution is -2.55.